The number of aromatic amines is 1. The molecule has 0 spiro atoms. The molecule has 0 fully saturated rings. The maximum absolute atomic E-state index is 12.6. The molecule has 28 heavy (non-hydrogen) atoms. The molecule has 3 aromatic rings. The first kappa shape index (κ1) is 20.5. The molecule has 6 nitrogen and oxygen atoms in total. The highest BCUT2D eigenvalue weighted by Crippen LogP contribution is 2.24. The highest BCUT2D eigenvalue weighted by atomic mass is 79.9. The second-order valence-corrected chi connectivity index (χ2v) is 9.62. The van der Waals surface area contributed by atoms with Crippen molar-refractivity contribution in [1.29, 1.82) is 0 Å². The SMILES string of the molecule is CC(C)CC(NC(=O)CN(C)C(=O)c1ccc(Br)s1)c1nc2ccccc2[nH]1. The monoisotopic (exact) mass is 462 g/mol. The third-order valence-corrected chi connectivity index (χ3v) is 5.90. The van der Waals surface area contributed by atoms with Gasteiger partial charge >= 0.3 is 0 Å². The maximum atomic E-state index is 12.6. The lowest BCUT2D eigenvalue weighted by Crippen LogP contribution is -2.40. The van der Waals surface area contributed by atoms with Crippen LogP contribution < -0.4 is 5.32 Å². The van der Waals surface area contributed by atoms with Gasteiger partial charge in [-0.3, -0.25) is 9.59 Å². The molecule has 3 rings (SSSR count). The Balaban J connectivity index is 1.69. The largest absolute Gasteiger partial charge is 0.345 e. The Bertz CT molecular complexity index is 948. The smallest absolute Gasteiger partial charge is 0.264 e. The van der Waals surface area contributed by atoms with E-state index in [2.05, 4.69) is 45.1 Å². The molecule has 0 bridgehead atoms. The predicted octanol–water partition coefficient (Wildman–Crippen LogP) is 4.36. The van der Waals surface area contributed by atoms with Gasteiger partial charge in [0, 0.05) is 7.05 Å². The van der Waals surface area contributed by atoms with Gasteiger partial charge in [-0.05, 0) is 52.5 Å². The van der Waals surface area contributed by atoms with Crippen molar-refractivity contribution in [3.05, 3.63) is 50.9 Å². The number of amides is 2. The number of hydrogen-bond donors (Lipinski definition) is 2. The number of H-pyrrole nitrogens is 1. The van der Waals surface area contributed by atoms with Gasteiger partial charge in [0.25, 0.3) is 5.91 Å². The maximum Gasteiger partial charge on any atom is 0.264 e. The van der Waals surface area contributed by atoms with Gasteiger partial charge in [0.1, 0.15) is 5.82 Å². The van der Waals surface area contributed by atoms with Crippen molar-refractivity contribution in [2.24, 2.45) is 5.92 Å². The van der Waals surface area contributed by atoms with Crippen molar-refractivity contribution in [3.8, 4) is 0 Å². The number of carbonyl (C=O) groups excluding carboxylic acids is 2. The number of rotatable bonds is 7. The molecule has 1 unspecified atom stereocenters. The Morgan fingerprint density at radius 1 is 1.25 bits per heavy atom. The molecule has 2 N–H and O–H groups in total. The lowest BCUT2D eigenvalue weighted by atomic mass is 10.0. The molecule has 2 amide bonds. The summed E-state index contributed by atoms with van der Waals surface area (Å²) in [6.45, 7) is 4.20. The number of hydrogen-bond acceptors (Lipinski definition) is 4. The molecule has 0 saturated carbocycles. The third kappa shape index (κ3) is 4.99. The topological polar surface area (TPSA) is 78.1 Å². The molecular formula is C20H23BrN4O2S. The number of thiophene rings is 1. The number of para-hydroxylation sites is 2. The summed E-state index contributed by atoms with van der Waals surface area (Å²) in [5, 5.41) is 3.04. The van der Waals surface area contributed by atoms with Gasteiger partial charge in [0.2, 0.25) is 5.91 Å². The number of aromatic nitrogens is 2. The Hall–Kier alpha value is -2.19. The van der Waals surface area contributed by atoms with Crippen LogP contribution in [0.25, 0.3) is 11.0 Å². The van der Waals surface area contributed by atoms with E-state index in [0.717, 1.165) is 27.1 Å². The highest BCUT2D eigenvalue weighted by Gasteiger charge is 2.22. The van der Waals surface area contributed by atoms with Crippen LogP contribution in [0.2, 0.25) is 0 Å². The van der Waals surface area contributed by atoms with E-state index in [4.69, 9.17) is 0 Å². The van der Waals surface area contributed by atoms with Crippen LogP contribution >= 0.6 is 27.3 Å². The average Bonchev–Trinajstić information content (AvgIpc) is 3.26. The summed E-state index contributed by atoms with van der Waals surface area (Å²) < 4.78 is 0.885. The minimum absolute atomic E-state index is 0.0107. The average molecular weight is 463 g/mol. The first-order valence-electron chi connectivity index (χ1n) is 9.08. The molecule has 148 valence electrons. The van der Waals surface area contributed by atoms with Gasteiger partial charge in [-0.15, -0.1) is 11.3 Å². The fourth-order valence-electron chi connectivity index (χ4n) is 2.99. The lowest BCUT2D eigenvalue weighted by Gasteiger charge is -2.21. The van der Waals surface area contributed by atoms with Gasteiger partial charge in [-0.25, -0.2) is 4.98 Å². The van der Waals surface area contributed by atoms with Crippen molar-refractivity contribution < 1.29 is 9.59 Å². The summed E-state index contributed by atoms with van der Waals surface area (Å²) >= 11 is 4.71. The zero-order valence-corrected chi connectivity index (χ0v) is 18.4. The zero-order valence-electron chi connectivity index (χ0n) is 16.0. The molecule has 0 aliphatic rings. The van der Waals surface area contributed by atoms with E-state index >= 15 is 0 Å². The van der Waals surface area contributed by atoms with Crippen molar-refractivity contribution in [2.45, 2.75) is 26.3 Å². The molecule has 8 heteroatoms. The molecule has 0 aliphatic carbocycles. The Morgan fingerprint density at radius 3 is 2.64 bits per heavy atom. The summed E-state index contributed by atoms with van der Waals surface area (Å²) in [5.41, 5.74) is 1.81. The number of halogens is 1. The summed E-state index contributed by atoms with van der Waals surface area (Å²) in [5.74, 6) is 0.730. The number of imidazole rings is 1. The van der Waals surface area contributed by atoms with Crippen molar-refractivity contribution >= 4 is 50.1 Å². The van der Waals surface area contributed by atoms with Crippen LogP contribution in [0.4, 0.5) is 0 Å². The Morgan fingerprint density at radius 2 is 2.00 bits per heavy atom. The number of carbonyl (C=O) groups is 2. The molecule has 2 aromatic heterocycles. The molecule has 0 aliphatic heterocycles. The van der Waals surface area contributed by atoms with Crippen LogP contribution in [0.1, 0.15) is 41.8 Å². The fourth-order valence-corrected chi connectivity index (χ4v) is 4.37. The van der Waals surface area contributed by atoms with Crippen LogP contribution in [0, 0.1) is 5.92 Å². The van der Waals surface area contributed by atoms with E-state index in [1.165, 1.54) is 16.2 Å². The van der Waals surface area contributed by atoms with Gasteiger partial charge in [0.15, 0.2) is 0 Å². The lowest BCUT2D eigenvalue weighted by molar-refractivity contribution is -0.122. The molecule has 0 saturated heterocycles. The van der Waals surface area contributed by atoms with Crippen LogP contribution in [-0.2, 0) is 4.79 Å². The third-order valence-electron chi connectivity index (χ3n) is 4.29. The van der Waals surface area contributed by atoms with Gasteiger partial charge in [-0.2, -0.15) is 0 Å². The van der Waals surface area contributed by atoms with Crippen LogP contribution in [0.15, 0.2) is 40.2 Å². The normalized spacial score (nSPS) is 12.3. The van der Waals surface area contributed by atoms with Gasteiger partial charge < -0.3 is 15.2 Å². The molecule has 1 atom stereocenters. The highest BCUT2D eigenvalue weighted by molar-refractivity contribution is 9.11. The summed E-state index contributed by atoms with van der Waals surface area (Å²) in [7, 11) is 1.63. The quantitative estimate of drug-likeness (QED) is 0.547. The first-order chi connectivity index (χ1) is 13.3. The minimum atomic E-state index is -0.237. The van der Waals surface area contributed by atoms with Crippen molar-refractivity contribution in [2.75, 3.05) is 13.6 Å². The van der Waals surface area contributed by atoms with E-state index < -0.39 is 0 Å². The number of nitrogens with one attached hydrogen (secondary N) is 2. The Labute approximate surface area is 176 Å². The van der Waals surface area contributed by atoms with E-state index in [-0.39, 0.29) is 24.4 Å². The fraction of sp³-hybridized carbons (Fsp3) is 0.350. The van der Waals surface area contributed by atoms with Crippen LogP contribution in [0.3, 0.4) is 0 Å². The van der Waals surface area contributed by atoms with E-state index in [1.54, 1.807) is 13.1 Å². The Kier molecular flexibility index (Phi) is 6.51. The number of benzene rings is 1. The summed E-state index contributed by atoms with van der Waals surface area (Å²) in [6.07, 6.45) is 0.751. The predicted molar refractivity (Wildman–Crippen MR) is 115 cm³/mol. The van der Waals surface area contributed by atoms with Crippen molar-refractivity contribution in [1.82, 2.24) is 20.2 Å². The van der Waals surface area contributed by atoms with Gasteiger partial charge in [0.05, 0.1) is 32.3 Å². The van der Waals surface area contributed by atoms with E-state index in [9.17, 15) is 9.59 Å². The van der Waals surface area contributed by atoms with Crippen LogP contribution in [0.5, 0.6) is 0 Å². The minimum Gasteiger partial charge on any atom is -0.345 e. The standard InChI is InChI=1S/C20H23BrN4O2S/c1-12(2)10-15(19-23-13-6-4-5-7-14(13)24-19)22-18(26)11-25(3)20(27)16-8-9-17(21)28-16/h4-9,12,15H,10-11H2,1-3H3,(H,22,26)(H,23,24). The summed E-state index contributed by atoms with van der Waals surface area (Å²) in [4.78, 5) is 35.0. The number of fused-ring (bicyclic) bond motifs is 1. The second-order valence-electron chi connectivity index (χ2n) is 7.15. The number of likely N-dealkylation sites (N-methyl/N-ethyl adjacent to an activating group) is 1. The van der Waals surface area contributed by atoms with Crippen molar-refractivity contribution in [3.63, 3.8) is 0 Å². The van der Waals surface area contributed by atoms with Crippen LogP contribution in [-0.4, -0.2) is 40.3 Å². The second kappa shape index (κ2) is 8.87. The molecule has 2 heterocycles. The van der Waals surface area contributed by atoms with Gasteiger partial charge in [-0.1, -0.05) is 26.0 Å². The molecule has 0 radical (unpaired) electrons. The van der Waals surface area contributed by atoms with E-state index in [0.29, 0.717) is 10.8 Å². The first-order valence-corrected chi connectivity index (χ1v) is 10.7. The zero-order chi connectivity index (χ0) is 20.3. The molecule has 1 aromatic carbocycles. The molecular weight excluding hydrogens is 440 g/mol. The number of nitrogens with zero attached hydrogens (tertiary/aromatic N) is 2. The van der Waals surface area contributed by atoms with E-state index in [1.807, 2.05) is 30.3 Å². The summed E-state index contributed by atoms with van der Waals surface area (Å²) in [6, 6.07) is 11.1.